The van der Waals surface area contributed by atoms with Crippen LogP contribution in [0.2, 0.25) is 0 Å². The van der Waals surface area contributed by atoms with Gasteiger partial charge >= 0.3 is 0 Å². The van der Waals surface area contributed by atoms with Gasteiger partial charge in [0, 0.05) is 19.2 Å². The van der Waals surface area contributed by atoms with Crippen molar-refractivity contribution in [1.29, 1.82) is 0 Å². The maximum Gasteiger partial charge on any atom is 0.252 e. The van der Waals surface area contributed by atoms with Gasteiger partial charge in [-0.2, -0.15) is 4.31 Å². The van der Waals surface area contributed by atoms with Crippen LogP contribution in [0.5, 0.6) is 0 Å². The molecule has 0 aliphatic carbocycles. The lowest BCUT2D eigenvalue weighted by Crippen LogP contribution is -2.31. The van der Waals surface area contributed by atoms with Gasteiger partial charge < -0.3 is 5.11 Å². The number of aliphatic hydroxyl groups is 1. The summed E-state index contributed by atoms with van der Waals surface area (Å²) in [6.07, 6.45) is -1.21. The summed E-state index contributed by atoms with van der Waals surface area (Å²) in [5.41, 5.74) is 0.0840. The van der Waals surface area contributed by atoms with Crippen LogP contribution in [0.25, 0.3) is 0 Å². The smallest absolute Gasteiger partial charge is 0.252 e. The van der Waals surface area contributed by atoms with Crippen molar-refractivity contribution in [2.75, 3.05) is 13.6 Å². The SMILES string of the molecule is CN(CC(O)c1ccccc1F)S(=O)(=O)c1cccs1. The number of hydrogen-bond donors (Lipinski definition) is 1. The predicted molar refractivity (Wildman–Crippen MR) is 75.5 cm³/mol. The summed E-state index contributed by atoms with van der Waals surface area (Å²) in [5.74, 6) is -0.554. The fourth-order valence-electron chi connectivity index (χ4n) is 1.75. The van der Waals surface area contributed by atoms with Crippen molar-refractivity contribution in [1.82, 2.24) is 4.31 Å². The van der Waals surface area contributed by atoms with Crippen molar-refractivity contribution >= 4 is 21.4 Å². The van der Waals surface area contributed by atoms with Crippen molar-refractivity contribution in [2.45, 2.75) is 10.3 Å². The molecular weight excluding hydrogens is 301 g/mol. The van der Waals surface area contributed by atoms with Gasteiger partial charge in [0.15, 0.2) is 0 Å². The lowest BCUT2D eigenvalue weighted by atomic mass is 10.1. The van der Waals surface area contributed by atoms with Gasteiger partial charge in [-0.3, -0.25) is 0 Å². The fraction of sp³-hybridized carbons (Fsp3) is 0.231. The van der Waals surface area contributed by atoms with Crippen LogP contribution < -0.4 is 0 Å². The van der Waals surface area contributed by atoms with Gasteiger partial charge in [-0.05, 0) is 17.5 Å². The molecule has 1 N–H and O–H groups in total. The van der Waals surface area contributed by atoms with Gasteiger partial charge in [0.25, 0.3) is 10.0 Å². The first kappa shape index (κ1) is 15.1. The van der Waals surface area contributed by atoms with Crippen molar-refractivity contribution in [3.63, 3.8) is 0 Å². The van der Waals surface area contributed by atoms with Crippen LogP contribution >= 0.6 is 11.3 Å². The van der Waals surface area contributed by atoms with Gasteiger partial charge in [-0.1, -0.05) is 24.3 Å². The van der Waals surface area contributed by atoms with Crippen LogP contribution in [-0.4, -0.2) is 31.4 Å². The van der Waals surface area contributed by atoms with E-state index in [1.807, 2.05) is 0 Å². The first-order valence-corrected chi connectivity index (χ1v) is 8.17. The van der Waals surface area contributed by atoms with Crippen LogP contribution in [-0.2, 0) is 10.0 Å². The van der Waals surface area contributed by atoms with Gasteiger partial charge in [-0.15, -0.1) is 11.3 Å². The lowest BCUT2D eigenvalue weighted by Gasteiger charge is -2.20. The average Bonchev–Trinajstić information content (AvgIpc) is 2.93. The summed E-state index contributed by atoms with van der Waals surface area (Å²) in [6, 6.07) is 8.90. The minimum absolute atomic E-state index is 0.0840. The molecule has 2 aromatic rings. The Bertz CT molecular complexity index is 671. The number of aliphatic hydroxyl groups excluding tert-OH is 1. The fourth-order valence-corrected chi connectivity index (χ4v) is 4.13. The van der Waals surface area contributed by atoms with Crippen molar-refractivity contribution in [2.24, 2.45) is 0 Å². The highest BCUT2D eigenvalue weighted by Crippen LogP contribution is 2.23. The zero-order valence-corrected chi connectivity index (χ0v) is 12.4. The highest BCUT2D eigenvalue weighted by atomic mass is 32.2. The molecule has 20 heavy (non-hydrogen) atoms. The Balaban J connectivity index is 2.16. The Labute approximate surface area is 121 Å². The Morgan fingerprint density at radius 1 is 1.30 bits per heavy atom. The van der Waals surface area contributed by atoms with Gasteiger partial charge in [-0.25, -0.2) is 12.8 Å². The molecule has 4 nitrogen and oxygen atoms in total. The molecule has 108 valence electrons. The number of rotatable bonds is 5. The topological polar surface area (TPSA) is 57.6 Å². The van der Waals surface area contributed by atoms with Crippen LogP contribution in [0.15, 0.2) is 46.0 Å². The van der Waals surface area contributed by atoms with Gasteiger partial charge in [0.05, 0.1) is 6.10 Å². The summed E-state index contributed by atoms with van der Waals surface area (Å²) < 4.78 is 39.1. The maximum atomic E-state index is 13.5. The molecule has 0 amide bonds. The average molecular weight is 315 g/mol. The molecule has 0 radical (unpaired) electrons. The second kappa shape index (κ2) is 6.01. The third kappa shape index (κ3) is 3.06. The standard InChI is InChI=1S/C13H14FNO3S2/c1-15(20(17,18)13-7-4-8-19-13)9-12(16)10-5-2-3-6-11(10)14/h2-8,12,16H,9H2,1H3. The van der Waals surface area contributed by atoms with E-state index in [1.165, 1.54) is 31.3 Å². The summed E-state index contributed by atoms with van der Waals surface area (Å²) in [7, 11) is -2.28. The first-order chi connectivity index (χ1) is 9.43. The van der Waals surface area contributed by atoms with Crippen molar-refractivity contribution in [3.05, 3.63) is 53.2 Å². The van der Waals surface area contributed by atoms with Gasteiger partial charge in [0.2, 0.25) is 0 Å². The Kier molecular flexibility index (Phi) is 4.54. The highest BCUT2D eigenvalue weighted by Gasteiger charge is 2.25. The number of likely N-dealkylation sites (N-methyl/N-ethyl adjacent to an activating group) is 1. The molecule has 1 atom stereocenters. The number of sulfonamides is 1. The van der Waals surface area contributed by atoms with E-state index in [0.29, 0.717) is 0 Å². The quantitative estimate of drug-likeness (QED) is 0.920. The third-order valence-corrected chi connectivity index (χ3v) is 6.05. The van der Waals surface area contributed by atoms with Crippen molar-refractivity contribution in [3.8, 4) is 0 Å². The molecule has 1 aromatic heterocycles. The largest absolute Gasteiger partial charge is 0.387 e. The minimum Gasteiger partial charge on any atom is -0.387 e. The Morgan fingerprint density at radius 2 is 2.00 bits per heavy atom. The summed E-state index contributed by atoms with van der Waals surface area (Å²) in [4.78, 5) is 0. The number of thiophene rings is 1. The minimum atomic E-state index is -3.64. The molecule has 1 aromatic carbocycles. The molecule has 1 unspecified atom stereocenters. The maximum absolute atomic E-state index is 13.5. The van der Waals surface area contributed by atoms with E-state index >= 15 is 0 Å². The lowest BCUT2D eigenvalue weighted by molar-refractivity contribution is 0.151. The highest BCUT2D eigenvalue weighted by molar-refractivity contribution is 7.91. The van der Waals surface area contributed by atoms with Gasteiger partial charge in [0.1, 0.15) is 10.0 Å². The zero-order valence-electron chi connectivity index (χ0n) is 10.7. The summed E-state index contributed by atoms with van der Waals surface area (Å²) >= 11 is 1.10. The number of halogens is 1. The van der Waals surface area contributed by atoms with Crippen LogP contribution in [0, 0.1) is 5.82 Å². The molecule has 0 saturated heterocycles. The van der Waals surface area contributed by atoms with E-state index in [9.17, 15) is 17.9 Å². The van der Waals surface area contributed by atoms with Crippen LogP contribution in [0.1, 0.15) is 11.7 Å². The molecule has 7 heteroatoms. The summed E-state index contributed by atoms with van der Waals surface area (Å²) in [5, 5.41) is 11.7. The van der Waals surface area contributed by atoms with Crippen LogP contribution in [0.4, 0.5) is 4.39 Å². The number of nitrogens with zero attached hydrogens (tertiary/aromatic N) is 1. The second-order valence-corrected chi connectivity index (χ2v) is 7.47. The van der Waals surface area contributed by atoms with E-state index < -0.39 is 21.9 Å². The van der Waals surface area contributed by atoms with E-state index in [0.717, 1.165) is 15.6 Å². The molecule has 1 heterocycles. The molecule has 0 spiro atoms. The van der Waals surface area contributed by atoms with E-state index in [1.54, 1.807) is 17.5 Å². The van der Waals surface area contributed by atoms with Crippen molar-refractivity contribution < 1.29 is 17.9 Å². The first-order valence-electron chi connectivity index (χ1n) is 5.85. The number of hydrogen-bond acceptors (Lipinski definition) is 4. The molecule has 0 bridgehead atoms. The second-order valence-electron chi connectivity index (χ2n) is 4.25. The molecular formula is C13H14FNO3S2. The monoisotopic (exact) mass is 315 g/mol. The summed E-state index contributed by atoms with van der Waals surface area (Å²) in [6.45, 7) is -0.207. The molecule has 0 fully saturated rings. The number of benzene rings is 1. The Morgan fingerprint density at radius 3 is 2.60 bits per heavy atom. The van der Waals surface area contributed by atoms with E-state index in [-0.39, 0.29) is 16.3 Å². The predicted octanol–water partition coefficient (Wildman–Crippen LogP) is 2.24. The normalized spacial score (nSPS) is 13.6. The molecule has 0 aliphatic heterocycles. The molecule has 0 saturated carbocycles. The van der Waals surface area contributed by atoms with Crippen LogP contribution in [0.3, 0.4) is 0 Å². The third-order valence-electron chi connectivity index (χ3n) is 2.85. The molecule has 0 aliphatic rings. The van der Waals surface area contributed by atoms with E-state index in [4.69, 9.17) is 0 Å². The van der Waals surface area contributed by atoms with E-state index in [2.05, 4.69) is 0 Å². The Hall–Kier alpha value is -1.28. The molecule has 2 rings (SSSR count). The zero-order chi connectivity index (χ0) is 14.8.